The fourth-order valence-electron chi connectivity index (χ4n) is 6.86. The van der Waals surface area contributed by atoms with Gasteiger partial charge in [-0.15, -0.1) is 22.7 Å². The van der Waals surface area contributed by atoms with E-state index in [1.54, 1.807) is 22.7 Å². The monoisotopic (exact) mass is 648 g/mol. The maximum atomic E-state index is 4.55. The van der Waals surface area contributed by atoms with E-state index in [1.807, 2.05) is 23.2 Å². The third-order valence-corrected chi connectivity index (χ3v) is 10.7. The number of benzene rings is 7. The van der Waals surface area contributed by atoms with Crippen molar-refractivity contribution in [3.63, 3.8) is 0 Å². The van der Waals surface area contributed by atoms with E-state index >= 15 is 0 Å². The summed E-state index contributed by atoms with van der Waals surface area (Å²) < 4.78 is 0. The standard InChI is InChI=1S/C44H28N2S2/c1-2-8-29(9-3-1)35-10-4-5-11-36(35)34-22-23-39-40(28-34)42(31-16-20-33(21-17-31)44-46-25-27-48-44)38-13-7-6-12-37(38)41(39)30-14-18-32(19-15-30)43-45-24-26-47-43/h1-28H. The van der Waals surface area contributed by atoms with Gasteiger partial charge in [0.25, 0.3) is 0 Å². The van der Waals surface area contributed by atoms with Gasteiger partial charge < -0.3 is 0 Å². The molecule has 0 unspecified atom stereocenters. The summed E-state index contributed by atoms with van der Waals surface area (Å²) in [4.78, 5) is 9.09. The van der Waals surface area contributed by atoms with E-state index < -0.39 is 0 Å². The van der Waals surface area contributed by atoms with Gasteiger partial charge in [-0.25, -0.2) is 9.97 Å². The van der Waals surface area contributed by atoms with E-state index in [1.165, 1.54) is 66.1 Å². The zero-order valence-electron chi connectivity index (χ0n) is 25.9. The minimum atomic E-state index is 1.03. The highest BCUT2D eigenvalue weighted by Gasteiger charge is 2.19. The maximum Gasteiger partial charge on any atom is 0.123 e. The topological polar surface area (TPSA) is 25.8 Å². The van der Waals surface area contributed by atoms with Crippen LogP contribution in [0.15, 0.2) is 169 Å². The summed E-state index contributed by atoms with van der Waals surface area (Å²) in [7, 11) is 0. The van der Waals surface area contributed by atoms with Crippen LogP contribution in [0.2, 0.25) is 0 Å². The van der Waals surface area contributed by atoms with Crippen LogP contribution < -0.4 is 0 Å². The Morgan fingerprint density at radius 2 is 0.771 bits per heavy atom. The fourth-order valence-corrected chi connectivity index (χ4v) is 8.15. The van der Waals surface area contributed by atoms with Gasteiger partial charge in [-0.1, -0.05) is 140 Å². The minimum Gasteiger partial charge on any atom is -0.245 e. The molecule has 0 aliphatic carbocycles. The molecule has 0 bridgehead atoms. The van der Waals surface area contributed by atoms with Crippen molar-refractivity contribution in [3.05, 3.63) is 169 Å². The van der Waals surface area contributed by atoms with Gasteiger partial charge in [0.05, 0.1) is 0 Å². The Morgan fingerprint density at radius 3 is 1.31 bits per heavy atom. The molecule has 0 saturated heterocycles. The molecule has 0 amide bonds. The predicted octanol–water partition coefficient (Wildman–Crippen LogP) is 12.9. The van der Waals surface area contributed by atoms with Crippen LogP contribution in [0.1, 0.15) is 0 Å². The van der Waals surface area contributed by atoms with Crippen molar-refractivity contribution >= 4 is 44.2 Å². The lowest BCUT2D eigenvalue weighted by Gasteiger charge is -2.19. The molecule has 0 aliphatic rings. The Morgan fingerprint density at radius 1 is 0.333 bits per heavy atom. The van der Waals surface area contributed by atoms with Crippen LogP contribution in [0.4, 0.5) is 0 Å². The van der Waals surface area contributed by atoms with E-state index in [4.69, 9.17) is 0 Å². The van der Waals surface area contributed by atoms with E-state index in [0.29, 0.717) is 0 Å². The molecule has 0 radical (unpaired) electrons. The van der Waals surface area contributed by atoms with Gasteiger partial charge >= 0.3 is 0 Å². The SMILES string of the molecule is c1ccc(-c2ccccc2-c2ccc3c(-c4ccc(-c5nccs5)cc4)c4ccccc4c(-c4ccc(-c5nccs5)cc4)c3c2)cc1. The summed E-state index contributed by atoms with van der Waals surface area (Å²) in [5.41, 5.74) is 12.0. The summed E-state index contributed by atoms with van der Waals surface area (Å²) >= 11 is 3.33. The average molecular weight is 649 g/mol. The molecule has 9 rings (SSSR count). The molecule has 4 heteroatoms. The highest BCUT2D eigenvalue weighted by molar-refractivity contribution is 7.13. The number of fused-ring (bicyclic) bond motifs is 2. The van der Waals surface area contributed by atoms with Crippen molar-refractivity contribution in [1.29, 1.82) is 0 Å². The first-order valence-electron chi connectivity index (χ1n) is 16.0. The normalized spacial score (nSPS) is 11.3. The molecule has 2 heterocycles. The van der Waals surface area contributed by atoms with Crippen LogP contribution in [0, 0.1) is 0 Å². The smallest absolute Gasteiger partial charge is 0.123 e. The third kappa shape index (κ3) is 5.03. The number of thiazole rings is 2. The molecular formula is C44H28N2S2. The highest BCUT2D eigenvalue weighted by atomic mass is 32.1. The average Bonchev–Trinajstić information content (AvgIpc) is 3.91. The molecule has 0 spiro atoms. The molecule has 0 fully saturated rings. The van der Waals surface area contributed by atoms with Crippen molar-refractivity contribution in [2.45, 2.75) is 0 Å². The predicted molar refractivity (Wildman–Crippen MR) is 205 cm³/mol. The van der Waals surface area contributed by atoms with Crippen molar-refractivity contribution in [2.75, 3.05) is 0 Å². The molecule has 0 atom stereocenters. The lowest BCUT2D eigenvalue weighted by atomic mass is 9.84. The van der Waals surface area contributed by atoms with Gasteiger partial charge in [-0.05, 0) is 72.1 Å². The van der Waals surface area contributed by atoms with Gasteiger partial charge in [0, 0.05) is 34.3 Å². The summed E-state index contributed by atoms with van der Waals surface area (Å²) in [5, 5.41) is 11.1. The third-order valence-electron chi connectivity index (χ3n) is 9.05. The van der Waals surface area contributed by atoms with Crippen LogP contribution in [0.5, 0.6) is 0 Å². The highest BCUT2D eigenvalue weighted by Crippen LogP contribution is 2.46. The van der Waals surface area contributed by atoms with Gasteiger partial charge in [-0.3, -0.25) is 0 Å². The van der Waals surface area contributed by atoms with Crippen LogP contribution in [0.25, 0.3) is 87.2 Å². The largest absolute Gasteiger partial charge is 0.245 e. The lowest BCUT2D eigenvalue weighted by molar-refractivity contribution is 1.41. The molecular weight excluding hydrogens is 621 g/mol. The molecule has 48 heavy (non-hydrogen) atoms. The molecule has 0 saturated carbocycles. The van der Waals surface area contributed by atoms with E-state index in [0.717, 1.165) is 21.1 Å². The second-order valence-electron chi connectivity index (χ2n) is 11.8. The van der Waals surface area contributed by atoms with Crippen molar-refractivity contribution in [1.82, 2.24) is 9.97 Å². The quantitative estimate of drug-likeness (QED) is 0.168. The van der Waals surface area contributed by atoms with Crippen LogP contribution in [-0.4, -0.2) is 9.97 Å². The Balaban J connectivity index is 1.31. The minimum absolute atomic E-state index is 1.03. The molecule has 226 valence electrons. The van der Waals surface area contributed by atoms with E-state index in [9.17, 15) is 0 Å². The Bertz CT molecular complexity index is 2520. The molecule has 2 nitrogen and oxygen atoms in total. The van der Waals surface area contributed by atoms with Gasteiger partial charge in [-0.2, -0.15) is 0 Å². The second kappa shape index (κ2) is 12.2. The second-order valence-corrected chi connectivity index (χ2v) is 13.6. The fraction of sp³-hybridized carbons (Fsp3) is 0. The van der Waals surface area contributed by atoms with Crippen LogP contribution in [0.3, 0.4) is 0 Å². The van der Waals surface area contributed by atoms with Gasteiger partial charge in [0.2, 0.25) is 0 Å². The Kier molecular flexibility index (Phi) is 7.23. The maximum absolute atomic E-state index is 4.55. The van der Waals surface area contributed by atoms with Crippen molar-refractivity contribution < 1.29 is 0 Å². The summed E-state index contributed by atoms with van der Waals surface area (Å²) in [6, 6.07) is 53.1. The molecule has 0 N–H and O–H groups in total. The number of hydrogen-bond acceptors (Lipinski definition) is 4. The number of hydrogen-bond donors (Lipinski definition) is 0. The number of nitrogens with zero attached hydrogens (tertiary/aromatic N) is 2. The van der Waals surface area contributed by atoms with Crippen LogP contribution >= 0.6 is 22.7 Å². The zero-order valence-corrected chi connectivity index (χ0v) is 27.5. The Labute approximate surface area is 287 Å². The first-order valence-corrected chi connectivity index (χ1v) is 17.7. The summed E-state index contributed by atoms with van der Waals surface area (Å²) in [6.07, 6.45) is 3.73. The molecule has 2 aromatic heterocycles. The molecule has 0 aliphatic heterocycles. The zero-order chi connectivity index (χ0) is 31.9. The van der Waals surface area contributed by atoms with E-state index in [2.05, 4.69) is 156 Å². The molecule has 9 aromatic rings. The first-order chi connectivity index (χ1) is 23.8. The van der Waals surface area contributed by atoms with Gasteiger partial charge in [0.1, 0.15) is 10.0 Å². The number of rotatable bonds is 6. The molecule has 7 aromatic carbocycles. The first kappa shape index (κ1) is 28.5. The number of aromatic nitrogens is 2. The Hall–Kier alpha value is -5.68. The van der Waals surface area contributed by atoms with Crippen molar-refractivity contribution in [2.24, 2.45) is 0 Å². The van der Waals surface area contributed by atoms with E-state index in [-0.39, 0.29) is 0 Å². The lowest BCUT2D eigenvalue weighted by Crippen LogP contribution is -1.92. The van der Waals surface area contributed by atoms with Gasteiger partial charge in [0.15, 0.2) is 0 Å². The summed E-state index contributed by atoms with van der Waals surface area (Å²) in [6.45, 7) is 0. The van der Waals surface area contributed by atoms with Crippen molar-refractivity contribution in [3.8, 4) is 65.6 Å². The van der Waals surface area contributed by atoms with Crippen LogP contribution in [-0.2, 0) is 0 Å². The summed E-state index contributed by atoms with van der Waals surface area (Å²) in [5.74, 6) is 0.